The fourth-order valence-corrected chi connectivity index (χ4v) is 3.48. The van der Waals surface area contributed by atoms with E-state index in [-0.39, 0.29) is 43.4 Å². The molecule has 3 atom stereocenters. The molecule has 28 heavy (non-hydrogen) atoms. The number of amides is 1. The van der Waals surface area contributed by atoms with Gasteiger partial charge in [-0.1, -0.05) is 12.0 Å². The lowest BCUT2D eigenvalue weighted by atomic mass is 9.80. The van der Waals surface area contributed by atoms with E-state index in [1.54, 1.807) is 6.08 Å². The van der Waals surface area contributed by atoms with E-state index in [2.05, 4.69) is 11.2 Å². The molecule has 0 aromatic heterocycles. The summed E-state index contributed by atoms with van der Waals surface area (Å²) in [5.74, 6) is 3.31. The lowest BCUT2D eigenvalue weighted by Crippen LogP contribution is -2.39. The van der Waals surface area contributed by atoms with Gasteiger partial charge in [-0.2, -0.15) is 0 Å². The summed E-state index contributed by atoms with van der Waals surface area (Å²) in [5, 5.41) is 11.9. The molecule has 2 aliphatic heterocycles. The average molecular weight is 387 g/mol. The van der Waals surface area contributed by atoms with E-state index in [4.69, 9.17) is 25.4 Å². The third-order valence-corrected chi connectivity index (χ3v) is 4.77. The first kappa shape index (κ1) is 20.1. The predicted molar refractivity (Wildman–Crippen MR) is 102 cm³/mol. The largest absolute Gasteiger partial charge is 0.459 e. The second-order valence-electron chi connectivity index (χ2n) is 6.53. The SMILES string of the molecule is C#CCNC(=O)C1=C[C@H](c2ccc3c(c2)OCO3)[C@H](CCCO)[C@H](OCC)O1. The second kappa shape index (κ2) is 9.49. The monoisotopic (exact) mass is 387 g/mol. The zero-order valence-corrected chi connectivity index (χ0v) is 15.8. The number of hydrogen-bond donors (Lipinski definition) is 2. The van der Waals surface area contributed by atoms with Gasteiger partial charge in [0.1, 0.15) is 0 Å². The Morgan fingerprint density at radius 1 is 1.39 bits per heavy atom. The van der Waals surface area contributed by atoms with Crippen LogP contribution in [0.1, 0.15) is 31.2 Å². The normalized spacial score (nSPS) is 22.8. The van der Waals surface area contributed by atoms with Crippen LogP contribution < -0.4 is 14.8 Å². The lowest BCUT2D eigenvalue weighted by molar-refractivity contribution is -0.166. The molecule has 2 aliphatic rings. The number of carbonyl (C=O) groups excluding carboxylic acids is 1. The van der Waals surface area contributed by atoms with Crippen LogP contribution in [0.25, 0.3) is 0 Å². The molecular formula is C21H25NO6. The fraction of sp³-hybridized carbons (Fsp3) is 0.476. The van der Waals surface area contributed by atoms with Crippen LogP contribution in [0.3, 0.4) is 0 Å². The van der Waals surface area contributed by atoms with Crippen molar-refractivity contribution < 1.29 is 28.8 Å². The van der Waals surface area contributed by atoms with Crippen LogP contribution in [-0.4, -0.2) is 43.9 Å². The van der Waals surface area contributed by atoms with E-state index >= 15 is 0 Å². The smallest absolute Gasteiger partial charge is 0.286 e. The highest BCUT2D eigenvalue weighted by atomic mass is 16.7. The van der Waals surface area contributed by atoms with Crippen LogP contribution in [0.2, 0.25) is 0 Å². The highest BCUT2D eigenvalue weighted by molar-refractivity contribution is 5.91. The van der Waals surface area contributed by atoms with Gasteiger partial charge in [-0.25, -0.2) is 0 Å². The Labute approximate surface area is 164 Å². The first-order valence-corrected chi connectivity index (χ1v) is 9.40. The number of terminal acetylenes is 1. The fourth-order valence-electron chi connectivity index (χ4n) is 3.48. The van der Waals surface area contributed by atoms with Crippen molar-refractivity contribution in [3.63, 3.8) is 0 Å². The summed E-state index contributed by atoms with van der Waals surface area (Å²) in [5.41, 5.74) is 0.961. The highest BCUT2D eigenvalue weighted by Crippen LogP contribution is 2.42. The van der Waals surface area contributed by atoms with Crippen molar-refractivity contribution in [3.8, 4) is 23.8 Å². The predicted octanol–water partition coefficient (Wildman–Crippen LogP) is 1.91. The highest BCUT2D eigenvalue weighted by Gasteiger charge is 2.38. The molecule has 0 unspecified atom stereocenters. The number of carbonyl (C=O) groups is 1. The van der Waals surface area contributed by atoms with Crippen molar-refractivity contribution in [1.82, 2.24) is 5.32 Å². The molecule has 0 radical (unpaired) electrons. The van der Waals surface area contributed by atoms with Crippen LogP contribution in [-0.2, 0) is 14.3 Å². The maximum Gasteiger partial charge on any atom is 0.286 e. The molecule has 1 amide bonds. The van der Waals surface area contributed by atoms with Crippen molar-refractivity contribution in [2.45, 2.75) is 32.0 Å². The van der Waals surface area contributed by atoms with Gasteiger partial charge in [0.15, 0.2) is 17.3 Å². The zero-order valence-electron chi connectivity index (χ0n) is 15.8. The Morgan fingerprint density at radius 2 is 2.21 bits per heavy atom. The number of aliphatic hydroxyl groups is 1. The molecule has 1 aromatic carbocycles. The van der Waals surface area contributed by atoms with Gasteiger partial charge in [0.2, 0.25) is 13.1 Å². The number of allylic oxidation sites excluding steroid dienone is 1. The van der Waals surface area contributed by atoms with Gasteiger partial charge in [0, 0.05) is 25.0 Å². The number of hydrogen-bond acceptors (Lipinski definition) is 6. The second-order valence-corrected chi connectivity index (χ2v) is 6.53. The molecule has 2 N–H and O–H groups in total. The molecule has 1 aromatic rings. The Bertz CT molecular complexity index is 769. The molecule has 0 bridgehead atoms. The van der Waals surface area contributed by atoms with Gasteiger partial charge >= 0.3 is 0 Å². The van der Waals surface area contributed by atoms with Crippen molar-refractivity contribution in [3.05, 3.63) is 35.6 Å². The summed E-state index contributed by atoms with van der Waals surface area (Å²) in [6, 6.07) is 5.73. The maximum atomic E-state index is 12.5. The molecule has 7 nitrogen and oxygen atoms in total. The molecule has 0 saturated heterocycles. The van der Waals surface area contributed by atoms with Gasteiger partial charge < -0.3 is 29.4 Å². The number of nitrogens with one attached hydrogen (secondary N) is 1. The summed E-state index contributed by atoms with van der Waals surface area (Å²) in [4.78, 5) is 12.5. The van der Waals surface area contributed by atoms with E-state index in [0.29, 0.717) is 30.9 Å². The van der Waals surface area contributed by atoms with Gasteiger partial charge in [-0.3, -0.25) is 4.79 Å². The molecule has 0 aliphatic carbocycles. The molecule has 0 saturated carbocycles. The van der Waals surface area contributed by atoms with Crippen molar-refractivity contribution in [2.75, 3.05) is 26.6 Å². The minimum absolute atomic E-state index is 0.0719. The number of rotatable bonds is 8. The minimum atomic E-state index is -0.608. The summed E-state index contributed by atoms with van der Waals surface area (Å²) in [6.45, 7) is 2.69. The molecular weight excluding hydrogens is 362 g/mol. The third-order valence-electron chi connectivity index (χ3n) is 4.77. The average Bonchev–Trinajstić information content (AvgIpc) is 3.18. The summed E-state index contributed by atoms with van der Waals surface area (Å²) in [7, 11) is 0. The van der Waals surface area contributed by atoms with Gasteiger partial charge in [-0.05, 0) is 43.5 Å². The quantitative estimate of drug-likeness (QED) is 0.663. The van der Waals surface area contributed by atoms with Crippen LogP contribution in [0, 0.1) is 18.3 Å². The van der Waals surface area contributed by atoms with Crippen molar-refractivity contribution in [2.24, 2.45) is 5.92 Å². The van der Waals surface area contributed by atoms with E-state index in [1.165, 1.54) is 0 Å². The van der Waals surface area contributed by atoms with E-state index in [0.717, 1.165) is 5.56 Å². The first-order chi connectivity index (χ1) is 13.7. The standard InChI is InChI=1S/C21H25NO6/c1-3-9-22-20(24)19-12-16(14-7-8-17-18(11-14)27-13-26-17)15(6-5-10-23)21(28-19)25-4-2/h1,7-8,11-12,15-16,21,23H,4-6,9-10,13H2,2H3,(H,22,24)/t15-,16+,21+/m0/s1. The molecule has 3 rings (SSSR count). The van der Waals surface area contributed by atoms with Crippen LogP contribution in [0.15, 0.2) is 30.0 Å². The van der Waals surface area contributed by atoms with E-state index in [1.807, 2.05) is 25.1 Å². The molecule has 7 heteroatoms. The van der Waals surface area contributed by atoms with Gasteiger partial charge in [-0.15, -0.1) is 6.42 Å². The lowest BCUT2D eigenvalue weighted by Gasteiger charge is -2.37. The Morgan fingerprint density at radius 3 is 2.96 bits per heavy atom. The van der Waals surface area contributed by atoms with Crippen molar-refractivity contribution in [1.29, 1.82) is 0 Å². The maximum absolute atomic E-state index is 12.5. The van der Waals surface area contributed by atoms with Gasteiger partial charge in [0.25, 0.3) is 5.91 Å². The van der Waals surface area contributed by atoms with E-state index < -0.39 is 6.29 Å². The summed E-state index contributed by atoms with van der Waals surface area (Å²) < 4.78 is 22.6. The first-order valence-electron chi connectivity index (χ1n) is 9.40. The Balaban J connectivity index is 1.95. The van der Waals surface area contributed by atoms with Gasteiger partial charge in [0.05, 0.1) is 6.54 Å². The van der Waals surface area contributed by atoms with Crippen LogP contribution >= 0.6 is 0 Å². The van der Waals surface area contributed by atoms with Crippen molar-refractivity contribution >= 4 is 5.91 Å². The minimum Gasteiger partial charge on any atom is -0.459 e. The Hall–Kier alpha value is -2.69. The molecule has 0 spiro atoms. The Kier molecular flexibility index (Phi) is 6.80. The summed E-state index contributed by atoms with van der Waals surface area (Å²) >= 11 is 0. The van der Waals surface area contributed by atoms with E-state index in [9.17, 15) is 9.90 Å². The molecule has 0 fully saturated rings. The topological polar surface area (TPSA) is 86.3 Å². The number of fused-ring (bicyclic) bond motifs is 1. The third kappa shape index (κ3) is 4.41. The zero-order chi connectivity index (χ0) is 19.9. The summed E-state index contributed by atoms with van der Waals surface area (Å²) in [6.07, 6.45) is 7.69. The number of benzene rings is 1. The molecule has 2 heterocycles. The molecule has 150 valence electrons. The number of ether oxygens (including phenoxy) is 4. The van der Waals surface area contributed by atoms with Crippen LogP contribution in [0.5, 0.6) is 11.5 Å². The number of aliphatic hydroxyl groups excluding tert-OH is 1. The van der Waals surface area contributed by atoms with Crippen LogP contribution in [0.4, 0.5) is 0 Å².